The molecular formula is C13H17FO3. The smallest absolute Gasteiger partial charge is 0.125 e. The van der Waals surface area contributed by atoms with E-state index in [9.17, 15) is 9.50 Å². The molecule has 1 aromatic rings. The zero-order valence-electron chi connectivity index (χ0n) is 9.86. The van der Waals surface area contributed by atoms with Crippen molar-refractivity contribution in [1.29, 1.82) is 0 Å². The lowest BCUT2D eigenvalue weighted by atomic mass is 10.1. The Balaban J connectivity index is 2.13. The van der Waals surface area contributed by atoms with Crippen molar-refractivity contribution in [2.24, 2.45) is 0 Å². The summed E-state index contributed by atoms with van der Waals surface area (Å²) in [5, 5.41) is 9.59. The minimum absolute atomic E-state index is 0.0895. The van der Waals surface area contributed by atoms with E-state index >= 15 is 0 Å². The van der Waals surface area contributed by atoms with Crippen LogP contribution >= 0.6 is 0 Å². The highest BCUT2D eigenvalue weighted by atomic mass is 19.1. The topological polar surface area (TPSA) is 38.7 Å². The van der Waals surface area contributed by atoms with E-state index in [1.165, 1.54) is 12.1 Å². The predicted molar refractivity (Wildman–Crippen MR) is 61.5 cm³/mol. The fourth-order valence-corrected chi connectivity index (χ4v) is 1.93. The van der Waals surface area contributed by atoms with Crippen LogP contribution in [0.15, 0.2) is 18.2 Å². The van der Waals surface area contributed by atoms with E-state index < -0.39 is 6.10 Å². The molecule has 1 saturated heterocycles. The van der Waals surface area contributed by atoms with Crippen LogP contribution in [-0.4, -0.2) is 24.4 Å². The molecule has 1 heterocycles. The molecule has 0 aromatic heterocycles. The van der Waals surface area contributed by atoms with Crippen LogP contribution in [0.25, 0.3) is 0 Å². The molecular weight excluding hydrogens is 223 g/mol. The van der Waals surface area contributed by atoms with Crippen LogP contribution < -0.4 is 4.74 Å². The Morgan fingerprint density at radius 1 is 1.41 bits per heavy atom. The van der Waals surface area contributed by atoms with Crippen LogP contribution in [0.1, 0.15) is 31.4 Å². The first kappa shape index (κ1) is 12.3. The Kier molecular flexibility index (Phi) is 3.97. The van der Waals surface area contributed by atoms with Gasteiger partial charge in [0.05, 0.1) is 19.3 Å². The van der Waals surface area contributed by atoms with Crippen LogP contribution in [0.3, 0.4) is 0 Å². The molecule has 3 nitrogen and oxygen atoms in total. The van der Waals surface area contributed by atoms with Crippen molar-refractivity contribution >= 4 is 0 Å². The summed E-state index contributed by atoms with van der Waals surface area (Å²) in [6.07, 6.45) is 1.01. The maximum absolute atomic E-state index is 13.1. The number of rotatable bonds is 3. The summed E-state index contributed by atoms with van der Waals surface area (Å²) in [6, 6.07) is 4.24. The van der Waals surface area contributed by atoms with Gasteiger partial charge in [0.25, 0.3) is 0 Å². The van der Waals surface area contributed by atoms with E-state index in [2.05, 4.69) is 0 Å². The lowest BCUT2D eigenvalue weighted by Crippen LogP contribution is -2.26. The van der Waals surface area contributed by atoms with Gasteiger partial charge in [-0.3, -0.25) is 0 Å². The van der Waals surface area contributed by atoms with E-state index in [1.54, 1.807) is 13.0 Å². The first-order valence-electron chi connectivity index (χ1n) is 5.88. The molecule has 0 amide bonds. The van der Waals surface area contributed by atoms with Gasteiger partial charge in [-0.25, -0.2) is 4.39 Å². The minimum Gasteiger partial charge on any atom is -0.490 e. The molecule has 94 valence electrons. The van der Waals surface area contributed by atoms with Crippen molar-refractivity contribution < 1.29 is 19.0 Å². The number of aliphatic hydroxyl groups is 1. The van der Waals surface area contributed by atoms with Gasteiger partial charge < -0.3 is 14.6 Å². The number of halogens is 1. The summed E-state index contributed by atoms with van der Waals surface area (Å²) in [4.78, 5) is 0. The van der Waals surface area contributed by atoms with E-state index in [0.717, 1.165) is 12.8 Å². The second kappa shape index (κ2) is 5.47. The Morgan fingerprint density at radius 2 is 2.12 bits per heavy atom. The van der Waals surface area contributed by atoms with Gasteiger partial charge in [-0.05, 0) is 25.1 Å². The first-order chi connectivity index (χ1) is 8.16. The third kappa shape index (κ3) is 3.17. The van der Waals surface area contributed by atoms with Crippen molar-refractivity contribution in [1.82, 2.24) is 0 Å². The normalized spacial score (nSPS) is 19.0. The Labute approximate surface area is 100 Å². The second-order valence-electron chi connectivity index (χ2n) is 4.29. The van der Waals surface area contributed by atoms with Gasteiger partial charge >= 0.3 is 0 Å². The molecule has 1 aliphatic heterocycles. The van der Waals surface area contributed by atoms with Crippen molar-refractivity contribution in [3.05, 3.63) is 29.6 Å². The van der Waals surface area contributed by atoms with Crippen LogP contribution in [0.5, 0.6) is 5.75 Å². The number of hydrogen-bond acceptors (Lipinski definition) is 3. The third-order valence-corrected chi connectivity index (χ3v) is 2.88. The summed E-state index contributed by atoms with van der Waals surface area (Å²) in [6.45, 7) is 2.98. The molecule has 0 radical (unpaired) electrons. The summed E-state index contributed by atoms with van der Waals surface area (Å²) >= 11 is 0. The maximum Gasteiger partial charge on any atom is 0.125 e. The molecule has 4 heteroatoms. The van der Waals surface area contributed by atoms with Crippen molar-refractivity contribution in [2.45, 2.75) is 32.0 Å². The summed E-state index contributed by atoms with van der Waals surface area (Å²) in [5.41, 5.74) is 0.497. The summed E-state index contributed by atoms with van der Waals surface area (Å²) in [5.74, 6) is 0.202. The maximum atomic E-state index is 13.1. The Morgan fingerprint density at radius 3 is 2.76 bits per heavy atom. The van der Waals surface area contributed by atoms with Gasteiger partial charge in [-0.15, -0.1) is 0 Å². The van der Waals surface area contributed by atoms with Gasteiger partial charge in [-0.2, -0.15) is 0 Å². The molecule has 1 unspecified atom stereocenters. The zero-order valence-corrected chi connectivity index (χ0v) is 9.86. The van der Waals surface area contributed by atoms with Gasteiger partial charge in [-0.1, -0.05) is 0 Å². The highest BCUT2D eigenvalue weighted by Gasteiger charge is 2.18. The largest absolute Gasteiger partial charge is 0.490 e. The molecule has 1 atom stereocenters. The zero-order chi connectivity index (χ0) is 12.3. The summed E-state index contributed by atoms with van der Waals surface area (Å²) < 4.78 is 24.1. The van der Waals surface area contributed by atoms with Crippen LogP contribution in [0.4, 0.5) is 4.39 Å². The summed E-state index contributed by atoms with van der Waals surface area (Å²) in [7, 11) is 0. The van der Waals surface area contributed by atoms with E-state index in [1.807, 2.05) is 0 Å². The van der Waals surface area contributed by atoms with E-state index in [4.69, 9.17) is 9.47 Å². The second-order valence-corrected chi connectivity index (χ2v) is 4.29. The quantitative estimate of drug-likeness (QED) is 0.882. The number of aliphatic hydroxyl groups excluding tert-OH is 1. The molecule has 17 heavy (non-hydrogen) atoms. The van der Waals surface area contributed by atoms with Gasteiger partial charge in [0.2, 0.25) is 0 Å². The Bertz CT molecular complexity index is 373. The fraction of sp³-hybridized carbons (Fsp3) is 0.538. The Hall–Kier alpha value is -1.13. The van der Waals surface area contributed by atoms with Crippen LogP contribution in [-0.2, 0) is 4.74 Å². The highest BCUT2D eigenvalue weighted by molar-refractivity contribution is 5.35. The average Bonchev–Trinajstić information content (AvgIpc) is 2.32. The molecule has 0 aliphatic carbocycles. The monoisotopic (exact) mass is 240 g/mol. The predicted octanol–water partition coefficient (Wildman–Crippen LogP) is 2.44. The van der Waals surface area contributed by atoms with Crippen molar-refractivity contribution in [2.75, 3.05) is 13.2 Å². The lowest BCUT2D eigenvalue weighted by molar-refractivity contribution is 0.0242. The van der Waals surface area contributed by atoms with Crippen molar-refractivity contribution in [3.63, 3.8) is 0 Å². The van der Waals surface area contributed by atoms with Crippen LogP contribution in [0.2, 0.25) is 0 Å². The third-order valence-electron chi connectivity index (χ3n) is 2.88. The molecule has 1 aliphatic rings. The number of benzene rings is 1. The van der Waals surface area contributed by atoms with Crippen molar-refractivity contribution in [3.8, 4) is 5.75 Å². The number of hydrogen-bond donors (Lipinski definition) is 1. The standard InChI is InChI=1S/C13H17FO3/c1-9(15)12-8-10(14)2-3-13(12)17-11-4-6-16-7-5-11/h2-3,8-9,11,15H,4-7H2,1H3. The van der Waals surface area contributed by atoms with Gasteiger partial charge in [0.15, 0.2) is 0 Å². The highest BCUT2D eigenvalue weighted by Crippen LogP contribution is 2.28. The number of ether oxygens (including phenoxy) is 2. The molecule has 1 aromatic carbocycles. The van der Waals surface area contributed by atoms with Gasteiger partial charge in [0.1, 0.15) is 17.7 Å². The SMILES string of the molecule is CC(O)c1cc(F)ccc1OC1CCOCC1. The first-order valence-corrected chi connectivity index (χ1v) is 5.88. The molecule has 0 saturated carbocycles. The molecule has 1 fully saturated rings. The molecule has 2 rings (SSSR count). The molecule has 1 N–H and O–H groups in total. The van der Waals surface area contributed by atoms with E-state index in [0.29, 0.717) is 24.5 Å². The van der Waals surface area contributed by atoms with Crippen LogP contribution in [0, 0.1) is 5.82 Å². The van der Waals surface area contributed by atoms with Gasteiger partial charge in [0, 0.05) is 18.4 Å². The lowest BCUT2D eigenvalue weighted by Gasteiger charge is -2.25. The van der Waals surface area contributed by atoms with E-state index in [-0.39, 0.29) is 11.9 Å². The fourth-order valence-electron chi connectivity index (χ4n) is 1.93. The molecule has 0 spiro atoms. The average molecular weight is 240 g/mol. The minimum atomic E-state index is -0.736. The molecule has 0 bridgehead atoms.